The fraction of sp³-hybridized carbons (Fsp3) is 0.241. The number of ether oxygens (including phenoxy) is 1. The van der Waals surface area contributed by atoms with Crippen LogP contribution in [0.25, 0.3) is 0 Å². The molecule has 0 saturated carbocycles. The summed E-state index contributed by atoms with van der Waals surface area (Å²) in [5.41, 5.74) is 3.77. The Hall–Kier alpha value is -2.06. The Morgan fingerprint density at radius 1 is 1.00 bits per heavy atom. The standard InChI is InChI=1S/C29H27Cl4N3O2.BrH/c1-19-4-3-5-26(32)25(19)15-34-29(37)20(2)36-13-12-35(18-36)16-28(24-11-10-23(31)14-27(24)33)38-17-21-6-8-22(30)9-7-21;/h3-14,18,20,28H,15-17H2,1-2H3;1H. The minimum absolute atomic E-state index is 0. The van der Waals surface area contributed by atoms with Crippen molar-refractivity contribution in [3.05, 3.63) is 122 Å². The van der Waals surface area contributed by atoms with Gasteiger partial charge in [0.2, 0.25) is 6.33 Å². The lowest BCUT2D eigenvalue weighted by molar-refractivity contribution is -0.705. The van der Waals surface area contributed by atoms with Gasteiger partial charge in [-0.3, -0.25) is 4.79 Å². The minimum atomic E-state index is -0.424. The van der Waals surface area contributed by atoms with Crippen LogP contribution in [-0.4, -0.2) is 10.5 Å². The third-order valence-electron chi connectivity index (χ3n) is 6.38. The fourth-order valence-corrected chi connectivity index (χ4v) is 5.01. The van der Waals surface area contributed by atoms with Crippen LogP contribution in [0, 0.1) is 6.92 Å². The first-order valence-corrected chi connectivity index (χ1v) is 13.6. The Morgan fingerprint density at radius 2 is 1.72 bits per heavy atom. The topological polar surface area (TPSA) is 47.1 Å². The Kier molecular flexibility index (Phi) is 11.7. The van der Waals surface area contributed by atoms with Gasteiger partial charge in [-0.15, -0.1) is 0 Å². The summed E-state index contributed by atoms with van der Waals surface area (Å²) >= 11 is 25.0. The number of imidazole rings is 1. The molecule has 2 atom stereocenters. The van der Waals surface area contributed by atoms with Crippen LogP contribution in [0.3, 0.4) is 0 Å². The second-order valence-electron chi connectivity index (χ2n) is 9.08. The number of aromatic nitrogens is 2. The Balaban J connectivity index is 0.00000420. The summed E-state index contributed by atoms with van der Waals surface area (Å²) in [7, 11) is 0. The molecule has 0 bridgehead atoms. The van der Waals surface area contributed by atoms with E-state index in [1.165, 1.54) is 0 Å². The molecule has 1 aromatic heterocycles. The Labute approximate surface area is 259 Å². The molecule has 1 amide bonds. The number of nitrogens with zero attached hydrogens (tertiary/aromatic N) is 2. The predicted octanol–water partition coefficient (Wildman–Crippen LogP) is 4.54. The number of carbonyl (C=O) groups is 1. The van der Waals surface area contributed by atoms with Crippen molar-refractivity contribution in [1.29, 1.82) is 0 Å². The molecule has 3 aromatic carbocycles. The van der Waals surface area contributed by atoms with E-state index < -0.39 is 6.04 Å². The third-order valence-corrected chi connectivity index (χ3v) is 7.55. The monoisotopic (exact) mass is 669 g/mol. The van der Waals surface area contributed by atoms with Crippen LogP contribution < -0.4 is 26.9 Å². The third kappa shape index (κ3) is 8.46. The highest BCUT2D eigenvalue weighted by molar-refractivity contribution is 6.35. The number of halogens is 5. The van der Waals surface area contributed by atoms with Crippen molar-refractivity contribution >= 4 is 52.3 Å². The highest BCUT2D eigenvalue weighted by Crippen LogP contribution is 2.30. The first kappa shape index (κ1) is 31.5. The van der Waals surface area contributed by atoms with Crippen LogP contribution in [0.5, 0.6) is 0 Å². The average molecular weight is 672 g/mol. The molecule has 2 unspecified atom stereocenters. The van der Waals surface area contributed by atoms with Crippen molar-refractivity contribution in [2.24, 2.45) is 0 Å². The van der Waals surface area contributed by atoms with Gasteiger partial charge in [-0.2, -0.15) is 0 Å². The molecular weight excluding hydrogens is 644 g/mol. The molecule has 0 aliphatic heterocycles. The number of hydrogen-bond donors (Lipinski definition) is 1. The van der Waals surface area contributed by atoms with Crippen molar-refractivity contribution in [3.8, 4) is 0 Å². The van der Waals surface area contributed by atoms with E-state index in [9.17, 15) is 4.79 Å². The summed E-state index contributed by atoms with van der Waals surface area (Å²) in [5, 5.41) is 5.39. The molecule has 4 rings (SSSR count). The van der Waals surface area contributed by atoms with Gasteiger partial charge in [-0.05, 0) is 60.9 Å². The van der Waals surface area contributed by atoms with Gasteiger partial charge in [0, 0.05) is 32.2 Å². The second-order valence-corrected chi connectivity index (χ2v) is 10.8. The van der Waals surface area contributed by atoms with E-state index in [-0.39, 0.29) is 29.0 Å². The van der Waals surface area contributed by atoms with E-state index in [1.54, 1.807) is 12.1 Å². The predicted molar refractivity (Wildman–Crippen MR) is 153 cm³/mol. The summed E-state index contributed by atoms with van der Waals surface area (Å²) in [4.78, 5) is 12.9. The molecule has 0 spiro atoms. The summed E-state index contributed by atoms with van der Waals surface area (Å²) in [6, 6.07) is 18.2. The zero-order chi connectivity index (χ0) is 27.2. The van der Waals surface area contributed by atoms with Crippen molar-refractivity contribution in [1.82, 2.24) is 9.88 Å². The molecule has 4 aromatic rings. The smallest absolute Gasteiger partial charge is 0.265 e. The Morgan fingerprint density at radius 3 is 2.41 bits per heavy atom. The van der Waals surface area contributed by atoms with E-state index in [0.29, 0.717) is 39.8 Å². The lowest BCUT2D eigenvalue weighted by atomic mass is 10.1. The Bertz CT molecular complexity index is 1390. The van der Waals surface area contributed by atoms with Crippen molar-refractivity contribution in [3.63, 3.8) is 0 Å². The van der Waals surface area contributed by atoms with Gasteiger partial charge in [-0.25, -0.2) is 9.13 Å². The van der Waals surface area contributed by atoms with Gasteiger partial charge in [0.05, 0.1) is 6.61 Å². The van der Waals surface area contributed by atoms with Crippen LogP contribution >= 0.6 is 46.4 Å². The van der Waals surface area contributed by atoms with Gasteiger partial charge in [0.1, 0.15) is 25.0 Å². The van der Waals surface area contributed by atoms with Crippen LogP contribution in [0.2, 0.25) is 20.1 Å². The number of hydrogen-bond acceptors (Lipinski definition) is 2. The van der Waals surface area contributed by atoms with Gasteiger partial charge >= 0.3 is 0 Å². The van der Waals surface area contributed by atoms with Gasteiger partial charge in [0.15, 0.2) is 6.04 Å². The largest absolute Gasteiger partial charge is 1.00 e. The number of aryl methyl sites for hydroxylation is 1. The van der Waals surface area contributed by atoms with Crippen molar-refractivity contribution < 1.29 is 31.1 Å². The highest BCUT2D eigenvalue weighted by Gasteiger charge is 2.24. The number of rotatable bonds is 10. The summed E-state index contributed by atoms with van der Waals surface area (Å²) in [6.45, 7) is 5.05. The molecule has 0 saturated heterocycles. The van der Waals surface area contributed by atoms with Crippen LogP contribution in [0.4, 0.5) is 0 Å². The van der Waals surface area contributed by atoms with E-state index >= 15 is 0 Å². The number of amides is 1. The highest BCUT2D eigenvalue weighted by atomic mass is 79.9. The lowest BCUT2D eigenvalue weighted by Gasteiger charge is -2.18. The second kappa shape index (κ2) is 14.5. The molecule has 0 fully saturated rings. The molecule has 1 N–H and O–H groups in total. The quantitative estimate of drug-likeness (QED) is 0.252. The molecule has 0 aliphatic carbocycles. The van der Waals surface area contributed by atoms with Crippen LogP contribution in [-0.2, 0) is 29.2 Å². The molecule has 39 heavy (non-hydrogen) atoms. The number of carbonyl (C=O) groups excluding carboxylic acids is 1. The van der Waals surface area contributed by atoms with Gasteiger partial charge < -0.3 is 27.0 Å². The normalized spacial score (nSPS) is 12.5. The van der Waals surface area contributed by atoms with E-state index in [0.717, 1.165) is 22.3 Å². The van der Waals surface area contributed by atoms with Crippen molar-refractivity contribution in [2.75, 3.05) is 0 Å². The zero-order valence-electron chi connectivity index (χ0n) is 21.4. The van der Waals surface area contributed by atoms with Gasteiger partial charge in [-0.1, -0.05) is 76.7 Å². The molecule has 1 heterocycles. The van der Waals surface area contributed by atoms with E-state index in [4.69, 9.17) is 51.1 Å². The van der Waals surface area contributed by atoms with E-state index in [1.807, 2.05) is 90.2 Å². The lowest BCUT2D eigenvalue weighted by Crippen LogP contribution is -3.00. The van der Waals surface area contributed by atoms with Crippen LogP contribution in [0.1, 0.15) is 41.3 Å². The summed E-state index contributed by atoms with van der Waals surface area (Å²) in [5.74, 6) is -0.108. The van der Waals surface area contributed by atoms with Crippen molar-refractivity contribution in [2.45, 2.75) is 45.7 Å². The maximum absolute atomic E-state index is 12.9. The molecule has 5 nitrogen and oxygen atoms in total. The first-order chi connectivity index (χ1) is 18.2. The molecule has 0 radical (unpaired) electrons. The van der Waals surface area contributed by atoms with Gasteiger partial charge in [0.25, 0.3) is 5.91 Å². The fourth-order valence-electron chi connectivity index (χ4n) is 4.07. The van der Waals surface area contributed by atoms with Crippen LogP contribution in [0.15, 0.2) is 79.4 Å². The summed E-state index contributed by atoms with van der Waals surface area (Å²) < 4.78 is 10.1. The SMILES string of the molecule is Cc1cccc(Cl)c1CNC(=O)C(C)n1cc[n+](CC(OCc2ccc(Cl)cc2)c2ccc(Cl)cc2Cl)c1.[Br-]. The zero-order valence-corrected chi connectivity index (χ0v) is 26.0. The minimum Gasteiger partial charge on any atom is -1.00 e. The molecule has 206 valence electrons. The summed E-state index contributed by atoms with van der Waals surface area (Å²) in [6.07, 6.45) is 5.30. The van der Waals surface area contributed by atoms with E-state index in [2.05, 4.69) is 5.32 Å². The maximum Gasteiger partial charge on any atom is 0.265 e. The average Bonchev–Trinajstić information content (AvgIpc) is 3.35. The maximum atomic E-state index is 12.9. The number of nitrogens with one attached hydrogen (secondary N) is 1. The molecular formula is C29H28BrCl4N3O2. The molecule has 10 heteroatoms. The first-order valence-electron chi connectivity index (χ1n) is 12.1. The molecule has 0 aliphatic rings. The number of benzene rings is 3.